The molecule has 2 aliphatic heterocycles. The highest BCUT2D eigenvalue weighted by Crippen LogP contribution is 2.38. The molecule has 1 spiro atoms. The molecule has 1 amide bonds. The highest BCUT2D eigenvalue weighted by atomic mass is 32.2. The van der Waals surface area contributed by atoms with Crippen LogP contribution < -0.4 is 4.72 Å². The molecule has 1 aromatic heterocycles. The number of nitrogens with one attached hydrogen (secondary N) is 1. The van der Waals surface area contributed by atoms with Crippen molar-refractivity contribution in [1.82, 2.24) is 14.8 Å². The van der Waals surface area contributed by atoms with Gasteiger partial charge in [0.1, 0.15) is 5.76 Å². The normalized spacial score (nSPS) is 23.3. The summed E-state index contributed by atoms with van der Waals surface area (Å²) in [5.41, 5.74) is 0.164. The van der Waals surface area contributed by atoms with E-state index in [4.69, 9.17) is 9.26 Å². The first kappa shape index (κ1) is 19.3. The molecule has 9 heteroatoms. The highest BCUT2D eigenvalue weighted by molar-refractivity contribution is 7.88. The molecular weight excluding hydrogens is 358 g/mol. The summed E-state index contributed by atoms with van der Waals surface area (Å²) < 4.78 is 36.1. The van der Waals surface area contributed by atoms with E-state index in [2.05, 4.69) is 9.88 Å². The van der Waals surface area contributed by atoms with Gasteiger partial charge in [-0.1, -0.05) is 5.16 Å². The van der Waals surface area contributed by atoms with Crippen molar-refractivity contribution < 1.29 is 22.5 Å². The molecule has 1 aromatic rings. The Labute approximate surface area is 154 Å². The van der Waals surface area contributed by atoms with E-state index in [1.807, 2.05) is 0 Å². The first-order valence-electron chi connectivity index (χ1n) is 9.08. The van der Waals surface area contributed by atoms with Gasteiger partial charge in [0.2, 0.25) is 10.0 Å². The van der Waals surface area contributed by atoms with E-state index in [1.165, 1.54) is 6.26 Å². The number of piperidine rings is 1. The third kappa shape index (κ3) is 4.83. The maximum absolute atomic E-state index is 12.5. The van der Waals surface area contributed by atoms with Gasteiger partial charge in [-0.15, -0.1) is 0 Å². The van der Waals surface area contributed by atoms with E-state index in [1.54, 1.807) is 17.9 Å². The van der Waals surface area contributed by atoms with Gasteiger partial charge >= 0.3 is 0 Å². The molecule has 0 radical (unpaired) electrons. The zero-order chi connectivity index (χ0) is 18.8. The van der Waals surface area contributed by atoms with Crippen LogP contribution in [0.3, 0.4) is 0 Å². The van der Waals surface area contributed by atoms with Crippen LogP contribution >= 0.6 is 0 Å². The van der Waals surface area contributed by atoms with Gasteiger partial charge in [0.15, 0.2) is 5.69 Å². The van der Waals surface area contributed by atoms with Gasteiger partial charge in [-0.2, -0.15) is 0 Å². The van der Waals surface area contributed by atoms with Gasteiger partial charge in [-0.05, 0) is 44.9 Å². The minimum atomic E-state index is -3.14. The predicted molar refractivity (Wildman–Crippen MR) is 95.2 cm³/mol. The third-order valence-corrected chi connectivity index (χ3v) is 6.05. The van der Waals surface area contributed by atoms with Crippen LogP contribution in [-0.4, -0.2) is 62.5 Å². The molecule has 1 atom stereocenters. The Morgan fingerprint density at radius 1 is 1.42 bits per heavy atom. The molecule has 2 aliphatic rings. The molecule has 0 aliphatic carbocycles. The lowest BCUT2D eigenvalue weighted by Gasteiger charge is -2.46. The molecule has 3 heterocycles. The average Bonchev–Trinajstić information content (AvgIpc) is 3.00. The lowest BCUT2D eigenvalue weighted by atomic mass is 9.78. The molecule has 0 bridgehead atoms. The molecule has 2 fully saturated rings. The fourth-order valence-corrected chi connectivity index (χ4v) is 4.41. The van der Waals surface area contributed by atoms with Crippen molar-refractivity contribution >= 4 is 15.9 Å². The Bertz CT molecular complexity index is 737. The minimum Gasteiger partial charge on any atom is -0.375 e. The first-order chi connectivity index (χ1) is 12.3. The molecule has 0 aromatic carbocycles. The Hall–Kier alpha value is -1.45. The monoisotopic (exact) mass is 385 g/mol. The number of aryl methyl sites for hydroxylation is 1. The molecule has 146 valence electrons. The first-order valence-corrected chi connectivity index (χ1v) is 11.0. The van der Waals surface area contributed by atoms with E-state index in [9.17, 15) is 13.2 Å². The molecule has 0 saturated carbocycles. The van der Waals surface area contributed by atoms with E-state index in [0.29, 0.717) is 43.6 Å². The molecule has 8 nitrogen and oxygen atoms in total. The standard InChI is InChI=1S/C17H27N3O5S/c1-13-11-15(19-25-13)16(21)20-8-5-17(6-9-20)12-14(4-10-24-17)3-7-18-26(2,22)23/h11,14,18H,3-10,12H2,1-2H3. The maximum Gasteiger partial charge on any atom is 0.276 e. The number of hydrogen-bond acceptors (Lipinski definition) is 6. The minimum absolute atomic E-state index is 0.0959. The largest absolute Gasteiger partial charge is 0.375 e. The van der Waals surface area contributed by atoms with Gasteiger partial charge in [-0.25, -0.2) is 13.1 Å². The smallest absolute Gasteiger partial charge is 0.276 e. The van der Waals surface area contributed by atoms with E-state index >= 15 is 0 Å². The summed E-state index contributed by atoms with van der Waals surface area (Å²) in [6.45, 7) is 4.21. The van der Waals surface area contributed by atoms with Gasteiger partial charge in [0.05, 0.1) is 11.9 Å². The molecule has 2 saturated heterocycles. The summed E-state index contributed by atoms with van der Waals surface area (Å²) in [6, 6.07) is 1.66. The zero-order valence-corrected chi connectivity index (χ0v) is 16.2. The third-order valence-electron chi connectivity index (χ3n) is 5.32. The average molecular weight is 385 g/mol. The second kappa shape index (κ2) is 7.66. The van der Waals surface area contributed by atoms with Gasteiger partial charge in [-0.3, -0.25) is 4.79 Å². The Morgan fingerprint density at radius 2 is 2.15 bits per heavy atom. The van der Waals surface area contributed by atoms with Crippen molar-refractivity contribution in [2.75, 3.05) is 32.5 Å². The van der Waals surface area contributed by atoms with E-state index < -0.39 is 10.0 Å². The van der Waals surface area contributed by atoms with Crippen LogP contribution in [0.4, 0.5) is 0 Å². The number of sulfonamides is 1. The number of carbonyl (C=O) groups is 1. The fraction of sp³-hybridized carbons (Fsp3) is 0.765. The highest BCUT2D eigenvalue weighted by Gasteiger charge is 2.41. The SMILES string of the molecule is Cc1cc(C(=O)N2CCC3(CC2)CC(CCNS(C)(=O)=O)CCO3)no1. The summed E-state index contributed by atoms with van der Waals surface area (Å²) >= 11 is 0. The van der Waals surface area contributed by atoms with Crippen molar-refractivity contribution in [3.05, 3.63) is 17.5 Å². The summed E-state index contributed by atoms with van der Waals surface area (Å²) in [5, 5.41) is 3.81. The lowest BCUT2D eigenvalue weighted by Crippen LogP contribution is -2.51. The quantitative estimate of drug-likeness (QED) is 0.820. The summed E-state index contributed by atoms with van der Waals surface area (Å²) in [4.78, 5) is 14.3. The lowest BCUT2D eigenvalue weighted by molar-refractivity contribution is -0.124. The van der Waals surface area contributed by atoms with Crippen molar-refractivity contribution in [3.63, 3.8) is 0 Å². The molecule has 1 N–H and O–H groups in total. The second-order valence-electron chi connectivity index (χ2n) is 7.46. The van der Waals surface area contributed by atoms with Crippen molar-refractivity contribution in [2.24, 2.45) is 5.92 Å². The van der Waals surface area contributed by atoms with Crippen LogP contribution in [0.25, 0.3) is 0 Å². The van der Waals surface area contributed by atoms with Crippen molar-refractivity contribution in [1.29, 1.82) is 0 Å². The Balaban J connectivity index is 1.51. The number of nitrogens with zero attached hydrogens (tertiary/aromatic N) is 2. The molecule has 26 heavy (non-hydrogen) atoms. The summed E-state index contributed by atoms with van der Waals surface area (Å²) in [7, 11) is -3.14. The maximum atomic E-state index is 12.5. The summed E-state index contributed by atoms with van der Waals surface area (Å²) in [6.07, 6.45) is 5.47. The topological polar surface area (TPSA) is 102 Å². The van der Waals surface area contributed by atoms with Gasteiger partial charge in [0.25, 0.3) is 5.91 Å². The van der Waals surface area contributed by atoms with E-state index in [-0.39, 0.29) is 11.5 Å². The fourth-order valence-electron chi connectivity index (χ4n) is 3.92. The number of rotatable bonds is 5. The van der Waals surface area contributed by atoms with Crippen LogP contribution in [0.5, 0.6) is 0 Å². The molecule has 3 rings (SSSR count). The number of ether oxygens (including phenoxy) is 1. The number of amides is 1. The van der Waals surface area contributed by atoms with Crippen molar-refractivity contribution in [3.8, 4) is 0 Å². The summed E-state index contributed by atoms with van der Waals surface area (Å²) in [5.74, 6) is 0.975. The number of carbonyl (C=O) groups excluding carboxylic acids is 1. The number of aromatic nitrogens is 1. The number of hydrogen-bond donors (Lipinski definition) is 1. The predicted octanol–water partition coefficient (Wildman–Crippen LogP) is 1.32. The number of likely N-dealkylation sites (tertiary alicyclic amines) is 1. The van der Waals surface area contributed by atoms with E-state index in [0.717, 1.165) is 32.1 Å². The molecular formula is C17H27N3O5S. The zero-order valence-electron chi connectivity index (χ0n) is 15.4. The van der Waals surface area contributed by atoms with Crippen LogP contribution in [0, 0.1) is 12.8 Å². The molecule has 1 unspecified atom stereocenters. The van der Waals surface area contributed by atoms with Gasteiger partial charge in [0, 0.05) is 32.3 Å². The Kier molecular flexibility index (Phi) is 5.69. The van der Waals surface area contributed by atoms with Crippen molar-refractivity contribution in [2.45, 2.75) is 44.6 Å². The van der Waals surface area contributed by atoms with Crippen LogP contribution in [-0.2, 0) is 14.8 Å². The van der Waals surface area contributed by atoms with Crippen LogP contribution in [0.1, 0.15) is 48.4 Å². The van der Waals surface area contributed by atoms with Gasteiger partial charge < -0.3 is 14.2 Å². The Morgan fingerprint density at radius 3 is 2.77 bits per heavy atom. The second-order valence-corrected chi connectivity index (χ2v) is 9.29. The van der Waals surface area contributed by atoms with Crippen LogP contribution in [0.2, 0.25) is 0 Å². The van der Waals surface area contributed by atoms with Crippen LogP contribution in [0.15, 0.2) is 10.6 Å².